The molecular weight excluding hydrogens is 508 g/mol. The average Bonchev–Trinajstić information content (AvgIpc) is 3.22. The average molecular weight is 543 g/mol. The number of likely N-dealkylation sites (tertiary alicyclic amines) is 1. The van der Waals surface area contributed by atoms with Gasteiger partial charge in [-0.15, -0.1) is 0 Å². The topological polar surface area (TPSA) is 99.5 Å². The minimum absolute atomic E-state index is 0.0446. The molecule has 3 aromatic carbocycles. The minimum Gasteiger partial charge on any atom is -0.508 e. The molecular formula is C32H34N2O6. The van der Waals surface area contributed by atoms with Crippen molar-refractivity contribution in [2.45, 2.75) is 26.0 Å². The second kappa shape index (κ2) is 12.4. The van der Waals surface area contributed by atoms with E-state index in [-0.39, 0.29) is 17.1 Å². The molecule has 8 nitrogen and oxygen atoms in total. The van der Waals surface area contributed by atoms with E-state index in [2.05, 4.69) is 4.90 Å². The summed E-state index contributed by atoms with van der Waals surface area (Å²) < 4.78 is 11.3. The first-order valence-electron chi connectivity index (χ1n) is 13.6. The van der Waals surface area contributed by atoms with Crippen LogP contribution >= 0.6 is 0 Å². The number of rotatable bonds is 9. The number of aliphatic hydroxyl groups is 1. The Morgan fingerprint density at radius 2 is 1.70 bits per heavy atom. The molecule has 40 heavy (non-hydrogen) atoms. The SMILES string of the molecule is Cc1cc(OCc2ccccc2)ccc1C(O)=C1C(=O)C(=O)N(CCCN2CCOCC2)[C@@H]1c1ccc(O)cc1. The second-order valence-electron chi connectivity index (χ2n) is 10.1. The monoisotopic (exact) mass is 542 g/mol. The Morgan fingerprint density at radius 1 is 0.975 bits per heavy atom. The molecule has 5 rings (SSSR count). The van der Waals surface area contributed by atoms with E-state index in [0.717, 1.165) is 25.2 Å². The molecule has 3 aromatic rings. The molecule has 1 atom stereocenters. The number of hydrogen-bond acceptors (Lipinski definition) is 7. The number of morpholine rings is 1. The van der Waals surface area contributed by atoms with Crippen LogP contribution in [0, 0.1) is 6.92 Å². The number of amides is 1. The summed E-state index contributed by atoms with van der Waals surface area (Å²) in [5.41, 5.74) is 2.90. The van der Waals surface area contributed by atoms with Gasteiger partial charge in [0.1, 0.15) is 23.9 Å². The Bertz CT molecular complexity index is 1380. The number of aromatic hydroxyl groups is 1. The summed E-state index contributed by atoms with van der Waals surface area (Å²) in [4.78, 5) is 30.5. The molecule has 0 unspecified atom stereocenters. The first kappa shape index (κ1) is 27.4. The smallest absolute Gasteiger partial charge is 0.295 e. The summed E-state index contributed by atoms with van der Waals surface area (Å²) in [5.74, 6) is -0.862. The highest BCUT2D eigenvalue weighted by molar-refractivity contribution is 6.46. The normalized spacial score (nSPS) is 19.2. The van der Waals surface area contributed by atoms with Crippen LogP contribution in [0.3, 0.4) is 0 Å². The minimum atomic E-state index is -0.765. The number of aryl methyl sites for hydroxylation is 1. The van der Waals surface area contributed by atoms with Crippen molar-refractivity contribution in [3.05, 3.63) is 101 Å². The van der Waals surface area contributed by atoms with Crippen molar-refractivity contribution >= 4 is 17.4 Å². The molecule has 0 spiro atoms. The molecule has 0 saturated carbocycles. The highest BCUT2D eigenvalue weighted by atomic mass is 16.5. The molecule has 2 aliphatic rings. The Balaban J connectivity index is 1.42. The van der Waals surface area contributed by atoms with Crippen molar-refractivity contribution in [1.82, 2.24) is 9.80 Å². The zero-order valence-corrected chi connectivity index (χ0v) is 22.6. The van der Waals surface area contributed by atoms with Crippen molar-refractivity contribution < 1.29 is 29.3 Å². The van der Waals surface area contributed by atoms with Crippen molar-refractivity contribution in [2.24, 2.45) is 0 Å². The predicted molar refractivity (Wildman–Crippen MR) is 151 cm³/mol. The lowest BCUT2D eigenvalue weighted by Crippen LogP contribution is -2.38. The number of carbonyl (C=O) groups is 2. The number of hydrogen-bond donors (Lipinski definition) is 2. The van der Waals surface area contributed by atoms with Gasteiger partial charge >= 0.3 is 0 Å². The fourth-order valence-corrected chi connectivity index (χ4v) is 5.28. The summed E-state index contributed by atoms with van der Waals surface area (Å²) in [6.07, 6.45) is 0.675. The van der Waals surface area contributed by atoms with Crippen molar-refractivity contribution in [3.63, 3.8) is 0 Å². The van der Waals surface area contributed by atoms with E-state index < -0.39 is 17.7 Å². The van der Waals surface area contributed by atoms with E-state index in [9.17, 15) is 19.8 Å². The lowest BCUT2D eigenvalue weighted by molar-refractivity contribution is -0.140. The summed E-state index contributed by atoms with van der Waals surface area (Å²) in [5, 5.41) is 21.3. The van der Waals surface area contributed by atoms with Crippen LogP contribution in [0.1, 0.15) is 34.7 Å². The molecule has 1 amide bonds. The molecule has 2 fully saturated rings. The van der Waals surface area contributed by atoms with Crippen molar-refractivity contribution in [2.75, 3.05) is 39.4 Å². The van der Waals surface area contributed by atoms with Gasteiger partial charge in [-0.3, -0.25) is 14.5 Å². The fourth-order valence-electron chi connectivity index (χ4n) is 5.28. The third-order valence-electron chi connectivity index (χ3n) is 7.43. The summed E-state index contributed by atoms with van der Waals surface area (Å²) >= 11 is 0. The number of aliphatic hydroxyl groups excluding tert-OH is 1. The van der Waals surface area contributed by atoms with Crippen LogP contribution in [0.15, 0.2) is 78.4 Å². The van der Waals surface area contributed by atoms with Crippen LogP contribution in [-0.4, -0.2) is 71.1 Å². The van der Waals surface area contributed by atoms with E-state index in [1.165, 1.54) is 17.0 Å². The van der Waals surface area contributed by atoms with E-state index >= 15 is 0 Å². The van der Waals surface area contributed by atoms with Gasteiger partial charge in [0, 0.05) is 31.7 Å². The number of nitrogens with zero attached hydrogens (tertiary/aromatic N) is 2. The number of carbonyl (C=O) groups excluding carboxylic acids is 2. The highest BCUT2D eigenvalue weighted by Crippen LogP contribution is 2.40. The number of benzene rings is 3. The van der Waals surface area contributed by atoms with Gasteiger partial charge in [0.15, 0.2) is 0 Å². The van der Waals surface area contributed by atoms with Crippen LogP contribution in [0.25, 0.3) is 5.76 Å². The van der Waals surface area contributed by atoms with E-state index in [1.54, 1.807) is 24.3 Å². The number of phenols is 1. The predicted octanol–water partition coefficient (Wildman–Crippen LogP) is 4.42. The van der Waals surface area contributed by atoms with Gasteiger partial charge < -0.3 is 24.6 Å². The van der Waals surface area contributed by atoms with Gasteiger partial charge in [0.25, 0.3) is 11.7 Å². The number of ether oxygens (including phenoxy) is 2. The largest absolute Gasteiger partial charge is 0.508 e. The second-order valence-corrected chi connectivity index (χ2v) is 10.1. The molecule has 2 saturated heterocycles. The first-order chi connectivity index (χ1) is 19.4. The summed E-state index contributed by atoms with van der Waals surface area (Å²) in [6, 6.07) is 20.7. The van der Waals surface area contributed by atoms with Gasteiger partial charge in [-0.1, -0.05) is 42.5 Å². The lowest BCUT2D eigenvalue weighted by Gasteiger charge is -2.29. The molecule has 2 heterocycles. The van der Waals surface area contributed by atoms with Gasteiger partial charge in [0.05, 0.1) is 24.8 Å². The molecule has 0 bridgehead atoms. The Morgan fingerprint density at radius 3 is 2.40 bits per heavy atom. The Kier molecular flexibility index (Phi) is 8.48. The first-order valence-corrected chi connectivity index (χ1v) is 13.6. The van der Waals surface area contributed by atoms with Gasteiger partial charge in [-0.05, 0) is 60.4 Å². The zero-order chi connectivity index (χ0) is 28.1. The molecule has 8 heteroatoms. The van der Waals surface area contributed by atoms with Crippen LogP contribution < -0.4 is 4.74 Å². The molecule has 2 N–H and O–H groups in total. The Hall–Kier alpha value is -4.14. The highest BCUT2D eigenvalue weighted by Gasteiger charge is 2.46. The van der Waals surface area contributed by atoms with Crippen LogP contribution in [-0.2, 0) is 20.9 Å². The van der Waals surface area contributed by atoms with Gasteiger partial charge in [-0.2, -0.15) is 0 Å². The third kappa shape index (κ3) is 6.03. The van der Waals surface area contributed by atoms with Crippen LogP contribution in [0.5, 0.6) is 11.5 Å². The zero-order valence-electron chi connectivity index (χ0n) is 22.6. The molecule has 208 valence electrons. The maximum Gasteiger partial charge on any atom is 0.295 e. The van der Waals surface area contributed by atoms with Crippen molar-refractivity contribution in [1.29, 1.82) is 0 Å². The maximum absolute atomic E-state index is 13.4. The summed E-state index contributed by atoms with van der Waals surface area (Å²) in [7, 11) is 0. The van der Waals surface area contributed by atoms with E-state index in [0.29, 0.717) is 55.2 Å². The Labute approximate surface area is 234 Å². The maximum atomic E-state index is 13.4. The molecule has 0 aliphatic carbocycles. The standard InChI is InChI=1S/C32H34N2O6/c1-22-20-26(40-21-23-6-3-2-4-7-23)12-13-27(22)30(36)28-29(24-8-10-25(35)11-9-24)34(32(38)31(28)37)15-5-14-33-16-18-39-19-17-33/h2-4,6-13,20,29,35-36H,5,14-19,21H2,1H3/t29-/m1/s1. The van der Waals surface area contributed by atoms with Crippen molar-refractivity contribution in [3.8, 4) is 11.5 Å². The number of phenolic OH excluding ortho intramolecular Hbond substituents is 1. The van der Waals surface area contributed by atoms with E-state index in [4.69, 9.17) is 9.47 Å². The van der Waals surface area contributed by atoms with Crippen LogP contribution in [0.4, 0.5) is 0 Å². The number of Topliss-reactive ketones (excluding diaryl/α,β-unsaturated/α-hetero) is 1. The van der Waals surface area contributed by atoms with E-state index in [1.807, 2.05) is 43.3 Å². The number of ketones is 1. The lowest BCUT2D eigenvalue weighted by atomic mass is 9.93. The van der Waals surface area contributed by atoms with Crippen LogP contribution in [0.2, 0.25) is 0 Å². The fraction of sp³-hybridized carbons (Fsp3) is 0.312. The third-order valence-corrected chi connectivity index (χ3v) is 7.43. The quantitative estimate of drug-likeness (QED) is 0.235. The molecule has 0 aromatic heterocycles. The van der Waals surface area contributed by atoms with Gasteiger partial charge in [0.2, 0.25) is 0 Å². The molecule has 0 radical (unpaired) electrons. The molecule has 2 aliphatic heterocycles. The summed E-state index contributed by atoms with van der Waals surface area (Å²) in [6.45, 7) is 6.42. The van der Waals surface area contributed by atoms with Gasteiger partial charge in [-0.25, -0.2) is 0 Å².